The van der Waals surface area contributed by atoms with E-state index in [2.05, 4.69) is 10.6 Å². The van der Waals surface area contributed by atoms with Gasteiger partial charge < -0.3 is 30.1 Å². The van der Waals surface area contributed by atoms with Crippen molar-refractivity contribution in [3.8, 4) is 5.75 Å². The Morgan fingerprint density at radius 2 is 1.70 bits per heavy atom. The summed E-state index contributed by atoms with van der Waals surface area (Å²) in [6.07, 6.45) is 2.12. The van der Waals surface area contributed by atoms with Crippen LogP contribution in [0.2, 0.25) is 0 Å². The number of anilines is 2. The zero-order valence-corrected chi connectivity index (χ0v) is 21.1. The van der Waals surface area contributed by atoms with E-state index in [-0.39, 0.29) is 24.3 Å². The van der Waals surface area contributed by atoms with Crippen LogP contribution < -0.4 is 15.4 Å². The van der Waals surface area contributed by atoms with Gasteiger partial charge in [0.1, 0.15) is 17.4 Å². The first-order valence-electron chi connectivity index (χ1n) is 12.8. The van der Waals surface area contributed by atoms with Gasteiger partial charge in [0.15, 0.2) is 0 Å². The van der Waals surface area contributed by atoms with Gasteiger partial charge in [-0.1, -0.05) is 18.2 Å². The minimum absolute atomic E-state index is 0.00398. The van der Waals surface area contributed by atoms with Gasteiger partial charge in [-0.05, 0) is 69.0 Å². The molecule has 5 rings (SSSR count). The molecule has 196 valence electrons. The lowest BCUT2D eigenvalue weighted by molar-refractivity contribution is -0.143. The summed E-state index contributed by atoms with van der Waals surface area (Å²) < 4.78 is 11.8. The third kappa shape index (κ3) is 4.26. The first-order valence-corrected chi connectivity index (χ1v) is 12.8. The number of nitrogens with zero attached hydrogens (tertiary/aromatic N) is 1. The average molecular weight is 508 g/mol. The molecule has 0 aromatic heterocycles. The number of ether oxygens (including phenoxy) is 2. The Kier molecular flexibility index (Phi) is 6.68. The van der Waals surface area contributed by atoms with Crippen molar-refractivity contribution in [3.05, 3.63) is 54.6 Å². The third-order valence-corrected chi connectivity index (χ3v) is 8.01. The van der Waals surface area contributed by atoms with Crippen LogP contribution in [0.4, 0.5) is 11.4 Å². The lowest BCUT2D eigenvalue weighted by Gasteiger charge is -2.33. The lowest BCUT2D eigenvalue weighted by Crippen LogP contribution is -2.53. The van der Waals surface area contributed by atoms with Crippen molar-refractivity contribution in [2.45, 2.75) is 49.9 Å². The molecule has 0 aliphatic carbocycles. The van der Waals surface area contributed by atoms with Crippen LogP contribution in [0.5, 0.6) is 5.75 Å². The number of aliphatic hydroxyl groups excluding tert-OH is 1. The second-order valence-electron chi connectivity index (χ2n) is 10.3. The number of hydrogen-bond acceptors (Lipinski definition) is 6. The molecule has 2 aromatic rings. The van der Waals surface area contributed by atoms with Gasteiger partial charge in [0.2, 0.25) is 17.7 Å². The standard InChI is InChI=1S/C28H33N3O6/c1-27-14-15-28(37-27)22(21(27)24(33)29-18-8-4-3-5-9-18)26(35)31(16-6-7-17-32)23(28)25(34)30-19-10-12-20(36-2)13-11-19/h3-5,8-13,21-23,32H,6-7,14-17H2,1-2H3,(H,29,33)(H,30,34)/t21-,22-,23?,27+,28?/m0/s1. The van der Waals surface area contributed by atoms with Gasteiger partial charge >= 0.3 is 0 Å². The topological polar surface area (TPSA) is 117 Å². The van der Waals surface area contributed by atoms with Crippen molar-refractivity contribution in [2.75, 3.05) is 30.9 Å². The number of nitrogens with one attached hydrogen (secondary N) is 2. The predicted molar refractivity (Wildman–Crippen MR) is 137 cm³/mol. The summed E-state index contributed by atoms with van der Waals surface area (Å²) >= 11 is 0. The molecule has 3 aliphatic heterocycles. The van der Waals surface area contributed by atoms with E-state index < -0.39 is 29.1 Å². The SMILES string of the molecule is COc1ccc(NC(=O)C2N(CCCCO)C(=O)[C@@H]3[C@@H](C(=O)Nc4ccccc4)[C@@]4(C)CCC23O4)cc1. The largest absolute Gasteiger partial charge is 0.497 e. The molecule has 3 amide bonds. The van der Waals surface area contributed by atoms with Crippen LogP contribution in [0, 0.1) is 11.8 Å². The van der Waals surface area contributed by atoms with E-state index >= 15 is 0 Å². The van der Waals surface area contributed by atoms with Gasteiger partial charge in [-0.25, -0.2) is 0 Å². The molecule has 9 heteroatoms. The van der Waals surface area contributed by atoms with Crippen molar-refractivity contribution in [3.63, 3.8) is 0 Å². The number of hydrogen-bond donors (Lipinski definition) is 3. The Balaban J connectivity index is 1.46. The van der Waals surface area contributed by atoms with E-state index in [1.54, 1.807) is 48.4 Å². The Morgan fingerprint density at radius 1 is 1.03 bits per heavy atom. The second kappa shape index (κ2) is 9.79. The summed E-state index contributed by atoms with van der Waals surface area (Å²) in [5.74, 6) is -1.71. The van der Waals surface area contributed by atoms with Gasteiger partial charge in [0.05, 0.1) is 24.5 Å². The quantitative estimate of drug-likeness (QED) is 0.450. The van der Waals surface area contributed by atoms with E-state index in [9.17, 15) is 19.5 Å². The third-order valence-electron chi connectivity index (χ3n) is 8.01. The molecule has 3 heterocycles. The minimum atomic E-state index is -1.10. The Labute approximate surface area is 216 Å². The van der Waals surface area contributed by atoms with Gasteiger partial charge in [0.25, 0.3) is 0 Å². The normalized spacial score (nSPS) is 29.8. The number of aliphatic hydroxyl groups is 1. The Hall–Kier alpha value is -3.43. The number of likely N-dealkylation sites (tertiary alicyclic amines) is 1. The molecule has 3 aliphatic rings. The summed E-state index contributed by atoms with van der Waals surface area (Å²) in [6.45, 7) is 2.17. The fourth-order valence-corrected chi connectivity index (χ4v) is 6.39. The fourth-order valence-electron chi connectivity index (χ4n) is 6.39. The maximum atomic E-state index is 13.9. The summed E-state index contributed by atoms with van der Waals surface area (Å²) in [4.78, 5) is 42.9. The molecular formula is C28H33N3O6. The summed E-state index contributed by atoms with van der Waals surface area (Å²) in [7, 11) is 1.57. The van der Waals surface area contributed by atoms with Crippen LogP contribution in [-0.2, 0) is 19.1 Å². The highest BCUT2D eigenvalue weighted by atomic mass is 16.5. The number of carbonyl (C=O) groups is 3. The number of para-hydroxylation sites is 1. The van der Waals surface area contributed by atoms with Crippen LogP contribution in [0.1, 0.15) is 32.6 Å². The number of rotatable bonds is 9. The first kappa shape index (κ1) is 25.2. The van der Waals surface area contributed by atoms with E-state index in [0.29, 0.717) is 49.4 Å². The zero-order chi connectivity index (χ0) is 26.2. The average Bonchev–Trinajstić information content (AvgIpc) is 3.46. The highest BCUT2D eigenvalue weighted by Crippen LogP contribution is 2.63. The van der Waals surface area contributed by atoms with Gasteiger partial charge in [-0.2, -0.15) is 0 Å². The molecule has 3 saturated heterocycles. The molecule has 9 nitrogen and oxygen atoms in total. The number of fused-ring (bicyclic) bond motifs is 1. The van der Waals surface area contributed by atoms with Crippen molar-refractivity contribution < 1.29 is 29.0 Å². The highest BCUT2D eigenvalue weighted by Gasteiger charge is 2.77. The van der Waals surface area contributed by atoms with Gasteiger partial charge in [-0.3, -0.25) is 14.4 Å². The van der Waals surface area contributed by atoms with Crippen LogP contribution in [0.15, 0.2) is 54.6 Å². The molecule has 0 radical (unpaired) electrons. The zero-order valence-electron chi connectivity index (χ0n) is 21.1. The summed E-state index contributed by atoms with van der Waals surface area (Å²) in [5, 5.41) is 15.2. The van der Waals surface area contributed by atoms with Crippen LogP contribution in [0.3, 0.4) is 0 Å². The van der Waals surface area contributed by atoms with E-state index in [4.69, 9.17) is 9.47 Å². The summed E-state index contributed by atoms with van der Waals surface area (Å²) in [6, 6.07) is 15.2. The monoisotopic (exact) mass is 507 g/mol. The maximum absolute atomic E-state index is 13.9. The fraction of sp³-hybridized carbons (Fsp3) is 0.464. The molecule has 0 saturated carbocycles. The van der Waals surface area contributed by atoms with Crippen molar-refractivity contribution >= 4 is 29.1 Å². The number of amides is 3. The van der Waals surface area contributed by atoms with Crippen LogP contribution >= 0.6 is 0 Å². The Bertz CT molecular complexity index is 1170. The number of carbonyl (C=O) groups excluding carboxylic acids is 3. The van der Waals surface area contributed by atoms with Crippen LogP contribution in [-0.4, -0.2) is 65.2 Å². The molecule has 3 N–H and O–H groups in total. The van der Waals surface area contributed by atoms with E-state index in [1.807, 2.05) is 25.1 Å². The number of methoxy groups -OCH3 is 1. The molecule has 1 spiro atoms. The highest BCUT2D eigenvalue weighted by molar-refractivity contribution is 6.05. The van der Waals surface area contributed by atoms with E-state index in [0.717, 1.165) is 0 Å². The molecule has 2 aromatic carbocycles. The Morgan fingerprint density at radius 3 is 2.38 bits per heavy atom. The molecule has 3 fully saturated rings. The van der Waals surface area contributed by atoms with Gasteiger partial charge in [-0.15, -0.1) is 0 Å². The van der Waals surface area contributed by atoms with Crippen LogP contribution in [0.25, 0.3) is 0 Å². The molecular weight excluding hydrogens is 474 g/mol. The minimum Gasteiger partial charge on any atom is -0.497 e. The van der Waals surface area contributed by atoms with Crippen molar-refractivity contribution in [1.82, 2.24) is 4.90 Å². The predicted octanol–water partition coefficient (Wildman–Crippen LogP) is 2.81. The van der Waals surface area contributed by atoms with Crippen molar-refractivity contribution in [1.29, 1.82) is 0 Å². The number of unbranched alkanes of at least 4 members (excludes halogenated alkanes) is 1. The lowest BCUT2D eigenvalue weighted by atomic mass is 9.66. The second-order valence-corrected chi connectivity index (χ2v) is 10.3. The molecule has 37 heavy (non-hydrogen) atoms. The number of benzene rings is 2. The first-order chi connectivity index (χ1) is 17.8. The van der Waals surface area contributed by atoms with Crippen molar-refractivity contribution in [2.24, 2.45) is 11.8 Å². The summed E-state index contributed by atoms with van der Waals surface area (Å²) in [5.41, 5.74) is -0.729. The molecule has 5 atom stereocenters. The maximum Gasteiger partial charge on any atom is 0.250 e. The van der Waals surface area contributed by atoms with Gasteiger partial charge in [0, 0.05) is 24.5 Å². The smallest absolute Gasteiger partial charge is 0.250 e. The molecule has 2 bridgehead atoms. The van der Waals surface area contributed by atoms with E-state index in [1.165, 1.54) is 0 Å². The molecule has 2 unspecified atom stereocenters.